The molecule has 5 aliphatic rings. The minimum Gasteiger partial charge on any atom is -0.460 e. The van der Waals surface area contributed by atoms with Crippen molar-refractivity contribution >= 4 is 22.7 Å². The smallest absolute Gasteiger partial charge is 0.134 e. The molecule has 0 fully saturated rings. The van der Waals surface area contributed by atoms with Gasteiger partial charge in [-0.1, -0.05) is 121 Å². The molecule has 6 atom stereocenters. The molecular formula is C42H43NO. The molecule has 222 valence electrons. The summed E-state index contributed by atoms with van der Waals surface area (Å²) in [6, 6.07) is 16.7. The lowest BCUT2D eigenvalue weighted by Gasteiger charge is -2.42. The number of benzene rings is 2. The fourth-order valence-electron chi connectivity index (χ4n) is 8.75. The first-order valence-electron chi connectivity index (χ1n) is 16.9. The van der Waals surface area contributed by atoms with E-state index in [-0.39, 0.29) is 5.92 Å². The maximum absolute atomic E-state index is 6.53. The average molecular weight is 578 g/mol. The molecular weight excluding hydrogens is 534 g/mol. The van der Waals surface area contributed by atoms with E-state index in [1.54, 1.807) is 11.1 Å². The quantitative estimate of drug-likeness (QED) is 0.271. The number of hydrogen-bond acceptors (Lipinski definition) is 2. The molecule has 2 nitrogen and oxygen atoms in total. The molecule has 0 bridgehead atoms. The van der Waals surface area contributed by atoms with Crippen LogP contribution in [0.25, 0.3) is 17.0 Å². The summed E-state index contributed by atoms with van der Waals surface area (Å²) in [5, 5.41) is 1.22. The minimum absolute atomic E-state index is 0.245. The highest BCUT2D eigenvalue weighted by Gasteiger charge is 2.42. The summed E-state index contributed by atoms with van der Waals surface area (Å²) in [6.07, 6.45) is 35.2. The SMILES string of the molecule is C/C=C\C(CC)C1=CC(C2=CC=CCC2)CC(N2c3ccc(C4CC=Cc5c4oc4ccccc54)cc3C3C=CC=CC32)C1. The molecule has 3 aromatic rings. The molecule has 0 N–H and O–H groups in total. The third kappa shape index (κ3) is 4.62. The zero-order valence-electron chi connectivity index (χ0n) is 26.0. The Labute approximate surface area is 262 Å². The van der Waals surface area contributed by atoms with E-state index in [1.165, 1.54) is 47.0 Å². The van der Waals surface area contributed by atoms with Crippen LogP contribution in [0.15, 0.2) is 125 Å². The van der Waals surface area contributed by atoms with Gasteiger partial charge in [0.1, 0.15) is 11.3 Å². The summed E-state index contributed by atoms with van der Waals surface area (Å²) in [7, 11) is 0. The minimum atomic E-state index is 0.245. The summed E-state index contributed by atoms with van der Waals surface area (Å²) in [5.74, 6) is 2.78. The number of allylic oxidation sites excluding steroid dienone is 10. The highest BCUT2D eigenvalue weighted by Crippen LogP contribution is 2.50. The van der Waals surface area contributed by atoms with E-state index in [4.69, 9.17) is 4.42 Å². The van der Waals surface area contributed by atoms with Gasteiger partial charge in [-0.15, -0.1) is 0 Å². The van der Waals surface area contributed by atoms with Crippen molar-refractivity contribution in [1.82, 2.24) is 0 Å². The molecule has 2 aromatic carbocycles. The van der Waals surface area contributed by atoms with Crippen LogP contribution in [-0.2, 0) is 0 Å². The Morgan fingerprint density at radius 1 is 1.05 bits per heavy atom. The van der Waals surface area contributed by atoms with E-state index in [9.17, 15) is 0 Å². The molecule has 8 rings (SSSR count). The lowest BCUT2D eigenvalue weighted by Crippen LogP contribution is -2.44. The van der Waals surface area contributed by atoms with Crippen LogP contribution in [0.3, 0.4) is 0 Å². The summed E-state index contributed by atoms with van der Waals surface area (Å²) in [6.45, 7) is 4.52. The molecule has 0 spiro atoms. The Morgan fingerprint density at radius 2 is 1.95 bits per heavy atom. The number of para-hydroxylation sites is 1. The van der Waals surface area contributed by atoms with Gasteiger partial charge in [-0.05, 0) is 74.6 Å². The molecule has 0 saturated carbocycles. The van der Waals surface area contributed by atoms with Crippen LogP contribution in [0.4, 0.5) is 5.69 Å². The predicted molar refractivity (Wildman–Crippen MR) is 185 cm³/mol. The summed E-state index contributed by atoms with van der Waals surface area (Å²) in [5.41, 5.74) is 9.77. The Kier molecular flexibility index (Phi) is 7.17. The monoisotopic (exact) mass is 577 g/mol. The molecule has 4 aliphatic carbocycles. The van der Waals surface area contributed by atoms with Crippen LogP contribution in [-0.4, -0.2) is 12.1 Å². The van der Waals surface area contributed by atoms with Crippen molar-refractivity contribution in [2.45, 2.75) is 76.3 Å². The molecule has 2 heteroatoms. The van der Waals surface area contributed by atoms with E-state index in [2.05, 4.69) is 134 Å². The van der Waals surface area contributed by atoms with Crippen molar-refractivity contribution in [3.63, 3.8) is 0 Å². The number of anilines is 1. The molecule has 2 heterocycles. The van der Waals surface area contributed by atoms with Gasteiger partial charge in [-0.2, -0.15) is 0 Å². The molecule has 0 amide bonds. The normalized spacial score (nSPS) is 27.8. The lowest BCUT2D eigenvalue weighted by molar-refractivity contribution is 0.432. The second kappa shape index (κ2) is 11.5. The Hall–Kier alpha value is -4.04. The van der Waals surface area contributed by atoms with Gasteiger partial charge < -0.3 is 9.32 Å². The topological polar surface area (TPSA) is 16.4 Å². The lowest BCUT2D eigenvalue weighted by atomic mass is 9.75. The fourth-order valence-corrected chi connectivity index (χ4v) is 8.75. The predicted octanol–water partition coefficient (Wildman–Crippen LogP) is 11.0. The maximum Gasteiger partial charge on any atom is 0.134 e. The largest absolute Gasteiger partial charge is 0.460 e. The molecule has 6 unspecified atom stereocenters. The van der Waals surface area contributed by atoms with Crippen molar-refractivity contribution in [3.8, 4) is 0 Å². The van der Waals surface area contributed by atoms with Crippen LogP contribution in [0.5, 0.6) is 0 Å². The fraction of sp³-hybridized carbons (Fsp3) is 0.333. The first-order chi connectivity index (χ1) is 21.7. The van der Waals surface area contributed by atoms with Crippen LogP contribution < -0.4 is 4.90 Å². The van der Waals surface area contributed by atoms with Crippen molar-refractivity contribution in [1.29, 1.82) is 0 Å². The number of rotatable bonds is 6. The van der Waals surface area contributed by atoms with Gasteiger partial charge in [0, 0.05) is 40.4 Å². The summed E-state index contributed by atoms with van der Waals surface area (Å²) >= 11 is 0. The van der Waals surface area contributed by atoms with Gasteiger partial charge in [0.2, 0.25) is 0 Å². The van der Waals surface area contributed by atoms with Crippen LogP contribution in [0.2, 0.25) is 0 Å². The maximum atomic E-state index is 6.53. The van der Waals surface area contributed by atoms with E-state index in [0.29, 0.717) is 29.8 Å². The third-order valence-electron chi connectivity index (χ3n) is 10.8. The zero-order chi connectivity index (χ0) is 29.6. The van der Waals surface area contributed by atoms with Crippen molar-refractivity contribution in [2.75, 3.05) is 4.90 Å². The van der Waals surface area contributed by atoms with Gasteiger partial charge in [0.15, 0.2) is 0 Å². The number of fused-ring (bicyclic) bond motifs is 6. The zero-order valence-corrected chi connectivity index (χ0v) is 26.0. The highest BCUT2D eigenvalue weighted by molar-refractivity contribution is 5.89. The van der Waals surface area contributed by atoms with E-state index < -0.39 is 0 Å². The summed E-state index contributed by atoms with van der Waals surface area (Å²) < 4.78 is 6.53. The molecule has 44 heavy (non-hydrogen) atoms. The highest BCUT2D eigenvalue weighted by atomic mass is 16.3. The van der Waals surface area contributed by atoms with Crippen LogP contribution in [0.1, 0.15) is 86.7 Å². The van der Waals surface area contributed by atoms with E-state index >= 15 is 0 Å². The molecule has 0 radical (unpaired) electrons. The average Bonchev–Trinajstić information content (AvgIpc) is 3.63. The van der Waals surface area contributed by atoms with Crippen molar-refractivity contribution in [3.05, 3.63) is 143 Å². The first-order valence-corrected chi connectivity index (χ1v) is 16.9. The number of hydrogen-bond donors (Lipinski definition) is 0. The van der Waals surface area contributed by atoms with Crippen molar-refractivity contribution in [2.24, 2.45) is 11.8 Å². The van der Waals surface area contributed by atoms with Gasteiger partial charge in [0.05, 0.1) is 6.04 Å². The van der Waals surface area contributed by atoms with Gasteiger partial charge in [0.25, 0.3) is 0 Å². The van der Waals surface area contributed by atoms with Crippen molar-refractivity contribution < 1.29 is 4.42 Å². The van der Waals surface area contributed by atoms with E-state index in [1.807, 2.05) is 0 Å². The first kappa shape index (κ1) is 27.5. The Bertz CT molecular complexity index is 1790. The molecule has 1 aliphatic heterocycles. The summed E-state index contributed by atoms with van der Waals surface area (Å²) in [4.78, 5) is 2.82. The van der Waals surface area contributed by atoms with E-state index in [0.717, 1.165) is 30.6 Å². The third-order valence-corrected chi connectivity index (χ3v) is 10.8. The number of furan rings is 1. The van der Waals surface area contributed by atoms with Gasteiger partial charge in [-0.3, -0.25) is 0 Å². The standard InChI is InChI=1S/C42H43NO/c1-3-13-28(4-2)31-24-32(29-14-6-5-7-15-29)26-33(25-31)43-39-20-10-8-16-35(39)38-27-30(22-23-40(38)43)34-18-12-19-37-36-17-9-11-21-41(36)44-42(34)37/h3,5-6,8-14,16-17,19-24,27-28,32-35,39H,4,7,15,18,25-26H2,1-2H3/b13-3-. The molecule has 0 saturated heterocycles. The second-order valence-electron chi connectivity index (χ2n) is 13.3. The van der Waals surface area contributed by atoms with Crippen LogP contribution in [0, 0.1) is 11.8 Å². The van der Waals surface area contributed by atoms with Crippen LogP contribution >= 0.6 is 0 Å². The number of nitrogens with zero attached hydrogens (tertiary/aromatic N) is 1. The molecule has 1 aromatic heterocycles. The van der Waals surface area contributed by atoms with Gasteiger partial charge in [-0.25, -0.2) is 0 Å². The second-order valence-corrected chi connectivity index (χ2v) is 13.3. The Morgan fingerprint density at radius 3 is 2.82 bits per heavy atom. The van der Waals surface area contributed by atoms with Gasteiger partial charge >= 0.3 is 0 Å². The Balaban J connectivity index is 1.18.